The first-order valence-electron chi connectivity index (χ1n) is 10.1. The van der Waals surface area contributed by atoms with Gasteiger partial charge in [-0.3, -0.25) is 0 Å². The van der Waals surface area contributed by atoms with Crippen molar-refractivity contribution < 1.29 is 14.3 Å². The normalized spacial score (nSPS) is 14.5. The second-order valence-electron chi connectivity index (χ2n) is 7.02. The molecule has 1 heterocycles. The van der Waals surface area contributed by atoms with Crippen LogP contribution in [0.4, 0.5) is 0 Å². The number of nitrogens with zero attached hydrogens (tertiary/aromatic N) is 1. The van der Waals surface area contributed by atoms with E-state index in [1.165, 1.54) is 0 Å². The standard InChI is InChI=1S/C26H23NO3/c1-2-3-17-29-24-12-8-7-11-22(24)18-23-26(28)30-25(27-23)21-15-13-20(14-16-21)19-9-5-4-6-10-19/h4-16,18H,2-3,17H2,1H3/b23-18-. The van der Waals surface area contributed by atoms with E-state index in [4.69, 9.17) is 9.47 Å². The molecule has 0 fully saturated rings. The summed E-state index contributed by atoms with van der Waals surface area (Å²) in [7, 11) is 0. The van der Waals surface area contributed by atoms with Gasteiger partial charge in [0.2, 0.25) is 5.90 Å². The summed E-state index contributed by atoms with van der Waals surface area (Å²) in [6.45, 7) is 2.76. The van der Waals surface area contributed by atoms with Gasteiger partial charge in [0.1, 0.15) is 5.75 Å². The summed E-state index contributed by atoms with van der Waals surface area (Å²) in [5.41, 5.74) is 4.07. The van der Waals surface area contributed by atoms with E-state index in [1.807, 2.05) is 66.7 Å². The number of benzene rings is 3. The SMILES string of the molecule is CCCCOc1ccccc1/C=C1\N=C(c2ccc(-c3ccccc3)cc2)OC1=O. The third kappa shape index (κ3) is 4.49. The van der Waals surface area contributed by atoms with E-state index in [0.717, 1.165) is 40.8 Å². The molecule has 4 heteroatoms. The predicted molar refractivity (Wildman–Crippen MR) is 119 cm³/mol. The Morgan fingerprint density at radius 2 is 1.53 bits per heavy atom. The summed E-state index contributed by atoms with van der Waals surface area (Å²) in [6, 6.07) is 25.6. The van der Waals surface area contributed by atoms with Crippen LogP contribution in [0.15, 0.2) is 89.6 Å². The predicted octanol–water partition coefficient (Wildman–Crippen LogP) is 5.88. The molecular formula is C26H23NO3. The number of rotatable bonds is 7. The van der Waals surface area contributed by atoms with Gasteiger partial charge < -0.3 is 9.47 Å². The number of carbonyl (C=O) groups is 1. The third-order valence-electron chi connectivity index (χ3n) is 4.83. The number of aliphatic imine (C=N–C) groups is 1. The Hall–Kier alpha value is -3.66. The highest BCUT2D eigenvalue weighted by Crippen LogP contribution is 2.26. The van der Waals surface area contributed by atoms with Crippen molar-refractivity contribution in [3.8, 4) is 16.9 Å². The number of hydrogen-bond acceptors (Lipinski definition) is 4. The van der Waals surface area contributed by atoms with Gasteiger partial charge in [0.25, 0.3) is 0 Å². The average Bonchev–Trinajstić information content (AvgIpc) is 3.16. The van der Waals surface area contributed by atoms with Crippen LogP contribution in [0, 0.1) is 0 Å². The molecule has 0 saturated heterocycles. The first-order valence-corrected chi connectivity index (χ1v) is 10.1. The van der Waals surface area contributed by atoms with Crippen molar-refractivity contribution in [2.24, 2.45) is 4.99 Å². The van der Waals surface area contributed by atoms with Gasteiger partial charge in [0, 0.05) is 11.1 Å². The Bertz CT molecular complexity index is 1080. The maximum Gasteiger partial charge on any atom is 0.363 e. The summed E-state index contributed by atoms with van der Waals surface area (Å²) in [5.74, 6) is 0.595. The monoisotopic (exact) mass is 397 g/mol. The molecule has 1 aliphatic rings. The van der Waals surface area contributed by atoms with Crippen LogP contribution in [-0.2, 0) is 9.53 Å². The zero-order valence-electron chi connectivity index (χ0n) is 16.9. The smallest absolute Gasteiger partial charge is 0.363 e. The fourth-order valence-corrected chi connectivity index (χ4v) is 3.17. The van der Waals surface area contributed by atoms with E-state index in [1.54, 1.807) is 6.08 Å². The van der Waals surface area contributed by atoms with E-state index >= 15 is 0 Å². The van der Waals surface area contributed by atoms with Crippen molar-refractivity contribution >= 4 is 17.9 Å². The van der Waals surface area contributed by atoms with Crippen LogP contribution in [0.2, 0.25) is 0 Å². The molecule has 4 nitrogen and oxygen atoms in total. The Balaban J connectivity index is 1.56. The van der Waals surface area contributed by atoms with Crippen LogP contribution in [0.3, 0.4) is 0 Å². The van der Waals surface area contributed by atoms with Gasteiger partial charge in [-0.2, -0.15) is 0 Å². The van der Waals surface area contributed by atoms with Crippen LogP contribution in [0.25, 0.3) is 17.2 Å². The van der Waals surface area contributed by atoms with Gasteiger partial charge in [-0.1, -0.05) is 74.0 Å². The van der Waals surface area contributed by atoms with Crippen LogP contribution < -0.4 is 4.74 Å². The molecule has 150 valence electrons. The second kappa shape index (κ2) is 9.23. The van der Waals surface area contributed by atoms with Crippen LogP contribution in [-0.4, -0.2) is 18.5 Å². The summed E-state index contributed by atoms with van der Waals surface area (Å²) in [6.07, 6.45) is 3.76. The second-order valence-corrected chi connectivity index (χ2v) is 7.02. The lowest BCUT2D eigenvalue weighted by molar-refractivity contribution is -0.129. The lowest BCUT2D eigenvalue weighted by atomic mass is 10.0. The summed E-state index contributed by atoms with van der Waals surface area (Å²) in [4.78, 5) is 16.8. The molecule has 0 radical (unpaired) electrons. The van der Waals surface area contributed by atoms with Gasteiger partial charge in [-0.25, -0.2) is 9.79 Å². The molecule has 0 aromatic heterocycles. The van der Waals surface area contributed by atoms with Gasteiger partial charge in [0.05, 0.1) is 6.61 Å². The van der Waals surface area contributed by atoms with E-state index in [2.05, 4.69) is 24.0 Å². The highest BCUT2D eigenvalue weighted by Gasteiger charge is 2.24. The third-order valence-corrected chi connectivity index (χ3v) is 4.83. The van der Waals surface area contributed by atoms with Crippen LogP contribution in [0.5, 0.6) is 5.75 Å². The van der Waals surface area contributed by atoms with Crippen molar-refractivity contribution in [1.29, 1.82) is 0 Å². The quantitative estimate of drug-likeness (QED) is 0.284. The lowest BCUT2D eigenvalue weighted by Gasteiger charge is -2.08. The molecule has 4 rings (SSSR count). The number of unbranched alkanes of at least 4 members (excludes halogenated alkanes) is 1. The number of carbonyl (C=O) groups excluding carboxylic acids is 1. The highest BCUT2D eigenvalue weighted by atomic mass is 16.6. The van der Waals surface area contributed by atoms with Crippen LogP contribution >= 0.6 is 0 Å². The topological polar surface area (TPSA) is 47.9 Å². The maximum absolute atomic E-state index is 12.4. The fourth-order valence-electron chi connectivity index (χ4n) is 3.17. The Kier molecular flexibility index (Phi) is 6.04. The molecule has 3 aromatic carbocycles. The molecule has 0 bridgehead atoms. The molecule has 0 amide bonds. The van der Waals surface area contributed by atoms with Crippen molar-refractivity contribution in [3.63, 3.8) is 0 Å². The summed E-state index contributed by atoms with van der Waals surface area (Å²) >= 11 is 0. The van der Waals surface area contributed by atoms with Gasteiger partial charge in [0.15, 0.2) is 5.70 Å². The molecule has 1 aliphatic heterocycles. The largest absolute Gasteiger partial charge is 0.493 e. The molecule has 0 N–H and O–H groups in total. The number of para-hydroxylation sites is 1. The summed E-state index contributed by atoms with van der Waals surface area (Å²) < 4.78 is 11.3. The van der Waals surface area contributed by atoms with Crippen molar-refractivity contribution in [2.75, 3.05) is 6.61 Å². The number of cyclic esters (lactones) is 1. The van der Waals surface area contributed by atoms with Gasteiger partial charge in [-0.15, -0.1) is 0 Å². The molecule has 0 spiro atoms. The van der Waals surface area contributed by atoms with Crippen molar-refractivity contribution in [3.05, 3.63) is 95.7 Å². The lowest BCUT2D eigenvalue weighted by Crippen LogP contribution is -2.05. The van der Waals surface area contributed by atoms with Gasteiger partial charge in [-0.05, 0) is 41.8 Å². The first-order chi connectivity index (χ1) is 14.7. The van der Waals surface area contributed by atoms with E-state index in [9.17, 15) is 4.79 Å². The number of esters is 1. The minimum Gasteiger partial charge on any atom is -0.493 e. The van der Waals surface area contributed by atoms with E-state index in [0.29, 0.717) is 12.5 Å². The van der Waals surface area contributed by atoms with Crippen molar-refractivity contribution in [2.45, 2.75) is 19.8 Å². The Morgan fingerprint density at radius 1 is 0.867 bits per heavy atom. The summed E-state index contributed by atoms with van der Waals surface area (Å²) in [5, 5.41) is 0. The molecule has 30 heavy (non-hydrogen) atoms. The van der Waals surface area contributed by atoms with Gasteiger partial charge >= 0.3 is 5.97 Å². The minimum absolute atomic E-state index is 0.267. The molecule has 0 atom stereocenters. The molecule has 0 saturated carbocycles. The molecule has 0 aliphatic carbocycles. The molecule has 0 unspecified atom stereocenters. The fraction of sp³-hybridized carbons (Fsp3) is 0.154. The average molecular weight is 397 g/mol. The first kappa shape index (κ1) is 19.6. The highest BCUT2D eigenvalue weighted by molar-refractivity contribution is 6.13. The zero-order chi connectivity index (χ0) is 20.8. The number of hydrogen-bond donors (Lipinski definition) is 0. The zero-order valence-corrected chi connectivity index (χ0v) is 16.9. The van der Waals surface area contributed by atoms with E-state index in [-0.39, 0.29) is 5.70 Å². The number of ether oxygens (including phenoxy) is 2. The Labute approximate surface area is 176 Å². The molecular weight excluding hydrogens is 374 g/mol. The van der Waals surface area contributed by atoms with Crippen LogP contribution in [0.1, 0.15) is 30.9 Å². The van der Waals surface area contributed by atoms with E-state index < -0.39 is 5.97 Å². The Morgan fingerprint density at radius 3 is 2.30 bits per heavy atom. The van der Waals surface area contributed by atoms with Crippen molar-refractivity contribution in [1.82, 2.24) is 0 Å². The maximum atomic E-state index is 12.4. The minimum atomic E-state index is -0.458. The molecule has 3 aromatic rings.